The quantitative estimate of drug-likeness (QED) is 0.832. The van der Waals surface area contributed by atoms with Crippen LogP contribution in [0.15, 0.2) is 18.2 Å². The van der Waals surface area contributed by atoms with E-state index in [4.69, 9.17) is 0 Å². The van der Waals surface area contributed by atoms with Crippen molar-refractivity contribution in [1.82, 2.24) is 5.32 Å². The number of nitrogens with one attached hydrogen (secondary N) is 1. The van der Waals surface area contributed by atoms with E-state index in [2.05, 4.69) is 35.3 Å². The maximum atomic E-state index is 9.38. The number of aliphatic hydroxyl groups excluding tert-OH is 1. The maximum absolute atomic E-state index is 9.38. The van der Waals surface area contributed by atoms with Crippen LogP contribution < -0.4 is 10.2 Å². The zero-order valence-electron chi connectivity index (χ0n) is 10.7. The topological polar surface area (TPSA) is 35.5 Å². The monoisotopic (exact) mass is 234 g/mol. The Kier molecular flexibility index (Phi) is 4.02. The number of rotatable bonds is 4. The highest BCUT2D eigenvalue weighted by atomic mass is 16.3. The fraction of sp³-hybridized carbons (Fsp3) is 0.571. The molecular formula is C14H22N2O. The molecule has 1 unspecified atom stereocenters. The molecule has 3 heteroatoms. The van der Waals surface area contributed by atoms with Crippen LogP contribution in [0.5, 0.6) is 0 Å². The standard InChI is InChI=1S/C14H22N2O/c1-11-8-12(9-15-2)5-6-14(11)16-7-3-4-13(16)10-17/h5-6,8,13,15,17H,3-4,7,9-10H2,1-2H3. The van der Waals surface area contributed by atoms with Crippen LogP contribution in [-0.4, -0.2) is 31.3 Å². The second-order valence-corrected chi connectivity index (χ2v) is 4.82. The van der Waals surface area contributed by atoms with E-state index in [-0.39, 0.29) is 6.61 Å². The van der Waals surface area contributed by atoms with E-state index in [1.165, 1.54) is 23.2 Å². The molecule has 1 aromatic carbocycles. The van der Waals surface area contributed by atoms with Crippen LogP contribution in [0.25, 0.3) is 0 Å². The number of hydrogen-bond acceptors (Lipinski definition) is 3. The third kappa shape index (κ3) is 2.61. The summed E-state index contributed by atoms with van der Waals surface area (Å²) < 4.78 is 0. The van der Waals surface area contributed by atoms with E-state index in [0.717, 1.165) is 19.5 Å². The minimum atomic E-state index is 0.262. The van der Waals surface area contributed by atoms with Gasteiger partial charge in [-0.3, -0.25) is 0 Å². The van der Waals surface area contributed by atoms with E-state index >= 15 is 0 Å². The van der Waals surface area contributed by atoms with Gasteiger partial charge in [0.1, 0.15) is 0 Å². The van der Waals surface area contributed by atoms with Gasteiger partial charge >= 0.3 is 0 Å². The summed E-state index contributed by atoms with van der Waals surface area (Å²) in [6.07, 6.45) is 2.29. The predicted molar refractivity (Wildman–Crippen MR) is 71.4 cm³/mol. The van der Waals surface area contributed by atoms with Crippen molar-refractivity contribution in [2.75, 3.05) is 25.1 Å². The Labute approximate surface area is 103 Å². The van der Waals surface area contributed by atoms with Gasteiger partial charge in [-0.25, -0.2) is 0 Å². The number of hydrogen-bond donors (Lipinski definition) is 2. The van der Waals surface area contributed by atoms with Crippen molar-refractivity contribution in [3.05, 3.63) is 29.3 Å². The van der Waals surface area contributed by atoms with Gasteiger partial charge in [0.05, 0.1) is 12.6 Å². The Bertz CT molecular complexity index is 378. The van der Waals surface area contributed by atoms with Gasteiger partial charge in [0.2, 0.25) is 0 Å². The lowest BCUT2D eigenvalue weighted by Gasteiger charge is -2.27. The Hall–Kier alpha value is -1.06. The maximum Gasteiger partial charge on any atom is 0.0635 e. The van der Waals surface area contributed by atoms with Crippen LogP contribution in [0.4, 0.5) is 5.69 Å². The second kappa shape index (κ2) is 5.52. The summed E-state index contributed by atoms with van der Waals surface area (Å²) in [5.41, 5.74) is 3.90. The number of nitrogens with zero attached hydrogens (tertiary/aromatic N) is 1. The summed E-state index contributed by atoms with van der Waals surface area (Å²) in [4.78, 5) is 2.35. The molecule has 0 bridgehead atoms. The molecule has 17 heavy (non-hydrogen) atoms. The molecule has 1 aliphatic heterocycles. The zero-order valence-corrected chi connectivity index (χ0v) is 10.7. The highest BCUT2D eigenvalue weighted by Gasteiger charge is 2.24. The van der Waals surface area contributed by atoms with Gasteiger partial charge in [0.15, 0.2) is 0 Å². The van der Waals surface area contributed by atoms with Gasteiger partial charge in [-0.05, 0) is 44.0 Å². The molecule has 1 heterocycles. The predicted octanol–water partition coefficient (Wildman–Crippen LogP) is 1.68. The molecule has 0 aromatic heterocycles. The molecule has 2 N–H and O–H groups in total. The molecule has 0 saturated carbocycles. The lowest BCUT2D eigenvalue weighted by Crippen LogP contribution is -2.32. The average Bonchev–Trinajstić information content (AvgIpc) is 2.77. The molecule has 0 amide bonds. The lowest BCUT2D eigenvalue weighted by molar-refractivity contribution is 0.266. The number of aryl methyl sites for hydroxylation is 1. The summed E-state index contributed by atoms with van der Waals surface area (Å²) in [7, 11) is 1.96. The van der Waals surface area contributed by atoms with Crippen molar-refractivity contribution >= 4 is 5.69 Å². The van der Waals surface area contributed by atoms with Crippen LogP contribution in [-0.2, 0) is 6.54 Å². The molecular weight excluding hydrogens is 212 g/mol. The van der Waals surface area contributed by atoms with E-state index in [9.17, 15) is 5.11 Å². The number of anilines is 1. The van der Waals surface area contributed by atoms with Crippen LogP contribution in [0.3, 0.4) is 0 Å². The minimum absolute atomic E-state index is 0.262. The summed E-state index contributed by atoms with van der Waals surface area (Å²) >= 11 is 0. The smallest absolute Gasteiger partial charge is 0.0635 e. The van der Waals surface area contributed by atoms with Gasteiger partial charge < -0.3 is 15.3 Å². The van der Waals surface area contributed by atoms with Crippen LogP contribution in [0, 0.1) is 6.92 Å². The van der Waals surface area contributed by atoms with E-state index in [1.807, 2.05) is 7.05 Å². The molecule has 1 saturated heterocycles. The van der Waals surface area contributed by atoms with Crippen LogP contribution >= 0.6 is 0 Å². The molecule has 94 valence electrons. The normalized spacial score (nSPS) is 19.9. The fourth-order valence-corrected chi connectivity index (χ4v) is 2.70. The minimum Gasteiger partial charge on any atom is -0.394 e. The van der Waals surface area contributed by atoms with Crippen molar-refractivity contribution in [2.45, 2.75) is 32.4 Å². The Balaban J connectivity index is 2.20. The number of aliphatic hydroxyl groups is 1. The van der Waals surface area contributed by atoms with E-state index in [1.54, 1.807) is 0 Å². The third-order valence-electron chi connectivity index (χ3n) is 3.54. The zero-order chi connectivity index (χ0) is 12.3. The van der Waals surface area contributed by atoms with E-state index in [0.29, 0.717) is 6.04 Å². The molecule has 0 radical (unpaired) electrons. The first-order chi connectivity index (χ1) is 8.26. The second-order valence-electron chi connectivity index (χ2n) is 4.82. The average molecular weight is 234 g/mol. The van der Waals surface area contributed by atoms with Gasteiger partial charge in [-0.1, -0.05) is 12.1 Å². The van der Waals surface area contributed by atoms with Crippen molar-refractivity contribution in [3.63, 3.8) is 0 Å². The van der Waals surface area contributed by atoms with Gasteiger partial charge in [-0.15, -0.1) is 0 Å². The fourth-order valence-electron chi connectivity index (χ4n) is 2.70. The first kappa shape index (κ1) is 12.4. The Morgan fingerprint density at radius 1 is 1.47 bits per heavy atom. The van der Waals surface area contributed by atoms with Crippen LogP contribution in [0.1, 0.15) is 24.0 Å². The SMILES string of the molecule is CNCc1ccc(N2CCCC2CO)c(C)c1. The molecule has 1 aromatic rings. The van der Waals surface area contributed by atoms with Crippen LogP contribution in [0.2, 0.25) is 0 Å². The van der Waals surface area contributed by atoms with Crippen molar-refractivity contribution in [1.29, 1.82) is 0 Å². The Morgan fingerprint density at radius 2 is 2.29 bits per heavy atom. The first-order valence-corrected chi connectivity index (χ1v) is 6.38. The summed E-state index contributed by atoms with van der Waals surface area (Å²) in [5.74, 6) is 0. The summed E-state index contributed by atoms with van der Waals surface area (Å²) in [6.45, 7) is 4.39. The highest BCUT2D eigenvalue weighted by Crippen LogP contribution is 2.28. The molecule has 0 aliphatic carbocycles. The highest BCUT2D eigenvalue weighted by molar-refractivity contribution is 5.56. The van der Waals surface area contributed by atoms with Gasteiger partial charge in [0, 0.05) is 18.8 Å². The summed E-state index contributed by atoms with van der Waals surface area (Å²) in [5, 5.41) is 12.5. The molecule has 0 spiro atoms. The molecule has 3 nitrogen and oxygen atoms in total. The lowest BCUT2D eigenvalue weighted by atomic mass is 10.1. The molecule has 2 rings (SSSR count). The molecule has 1 aliphatic rings. The van der Waals surface area contributed by atoms with Gasteiger partial charge in [0.25, 0.3) is 0 Å². The van der Waals surface area contributed by atoms with Crippen molar-refractivity contribution < 1.29 is 5.11 Å². The molecule has 1 atom stereocenters. The number of benzene rings is 1. The molecule has 1 fully saturated rings. The Morgan fingerprint density at radius 3 is 2.94 bits per heavy atom. The van der Waals surface area contributed by atoms with E-state index < -0.39 is 0 Å². The summed E-state index contributed by atoms with van der Waals surface area (Å²) in [6, 6.07) is 6.91. The van der Waals surface area contributed by atoms with Gasteiger partial charge in [-0.2, -0.15) is 0 Å². The van der Waals surface area contributed by atoms with Crippen molar-refractivity contribution in [2.24, 2.45) is 0 Å². The first-order valence-electron chi connectivity index (χ1n) is 6.38. The van der Waals surface area contributed by atoms with Crippen molar-refractivity contribution in [3.8, 4) is 0 Å². The largest absolute Gasteiger partial charge is 0.394 e. The third-order valence-corrected chi connectivity index (χ3v) is 3.54.